The van der Waals surface area contributed by atoms with Crippen LogP contribution in [0, 0.1) is 6.92 Å². The van der Waals surface area contributed by atoms with Gasteiger partial charge in [-0.05, 0) is 42.3 Å². The molecule has 0 unspecified atom stereocenters. The summed E-state index contributed by atoms with van der Waals surface area (Å²) in [6.45, 7) is 2.09. The van der Waals surface area contributed by atoms with Crippen LogP contribution < -0.4 is 5.32 Å². The number of benzene rings is 3. The second kappa shape index (κ2) is 7.24. The number of rotatable bonds is 4. The van der Waals surface area contributed by atoms with E-state index in [1.165, 1.54) is 5.56 Å². The minimum atomic E-state index is 0.800. The van der Waals surface area contributed by atoms with E-state index in [1.54, 1.807) is 6.33 Å². The van der Waals surface area contributed by atoms with Gasteiger partial charge in [0.25, 0.3) is 0 Å². The lowest BCUT2D eigenvalue weighted by atomic mass is 10.1. The maximum absolute atomic E-state index is 4.64. The molecule has 5 rings (SSSR count). The minimum absolute atomic E-state index is 0.800. The Labute approximate surface area is 169 Å². The second-order valence-corrected chi connectivity index (χ2v) is 7.03. The number of nitrogens with zero attached hydrogens (tertiary/aromatic N) is 3. The summed E-state index contributed by atoms with van der Waals surface area (Å²) >= 11 is 0. The molecule has 4 heteroatoms. The highest BCUT2D eigenvalue weighted by Crippen LogP contribution is 2.36. The van der Waals surface area contributed by atoms with E-state index in [1.807, 2.05) is 30.3 Å². The summed E-state index contributed by atoms with van der Waals surface area (Å²) in [5, 5.41) is 4.50. The second-order valence-electron chi connectivity index (χ2n) is 7.03. The summed E-state index contributed by atoms with van der Waals surface area (Å²) in [5.74, 6) is 0.800. The Morgan fingerprint density at radius 1 is 0.793 bits per heavy atom. The standard InChI is InChI=1S/C25H20N4/c1-18-9-8-12-20(15-18)28-24-23-22(19-10-4-2-5-11-19)16-29(25(23)27-17-26-24)21-13-6-3-7-14-21/h2-17H,1H3,(H,26,27,28). The Morgan fingerprint density at radius 2 is 1.55 bits per heavy atom. The van der Waals surface area contributed by atoms with Crippen molar-refractivity contribution in [1.29, 1.82) is 0 Å². The van der Waals surface area contributed by atoms with Gasteiger partial charge in [-0.3, -0.25) is 0 Å². The highest BCUT2D eigenvalue weighted by atomic mass is 15.1. The summed E-state index contributed by atoms with van der Waals surface area (Å²) < 4.78 is 2.13. The smallest absolute Gasteiger partial charge is 0.150 e. The van der Waals surface area contributed by atoms with Crippen molar-refractivity contribution in [3.8, 4) is 16.8 Å². The fraction of sp³-hybridized carbons (Fsp3) is 0.0400. The van der Waals surface area contributed by atoms with Crippen molar-refractivity contribution in [3.05, 3.63) is 103 Å². The van der Waals surface area contributed by atoms with Crippen LogP contribution in [0.25, 0.3) is 27.8 Å². The quantitative estimate of drug-likeness (QED) is 0.410. The van der Waals surface area contributed by atoms with E-state index in [0.29, 0.717) is 0 Å². The van der Waals surface area contributed by atoms with Crippen LogP contribution in [0.4, 0.5) is 11.5 Å². The Bertz CT molecular complexity index is 1270. The van der Waals surface area contributed by atoms with Crippen LogP contribution in [0.5, 0.6) is 0 Å². The molecule has 140 valence electrons. The number of aryl methyl sites for hydroxylation is 1. The lowest BCUT2D eigenvalue weighted by molar-refractivity contribution is 1.08. The zero-order valence-electron chi connectivity index (χ0n) is 16.1. The van der Waals surface area contributed by atoms with Crippen molar-refractivity contribution < 1.29 is 0 Å². The fourth-order valence-electron chi connectivity index (χ4n) is 3.64. The number of aromatic nitrogens is 3. The zero-order valence-corrected chi connectivity index (χ0v) is 16.1. The molecule has 0 atom stereocenters. The van der Waals surface area contributed by atoms with Gasteiger partial charge in [-0.2, -0.15) is 0 Å². The Balaban J connectivity index is 1.75. The number of nitrogens with one attached hydrogen (secondary N) is 1. The van der Waals surface area contributed by atoms with Crippen molar-refractivity contribution in [3.63, 3.8) is 0 Å². The Morgan fingerprint density at radius 3 is 2.31 bits per heavy atom. The number of fused-ring (bicyclic) bond motifs is 1. The molecule has 0 saturated carbocycles. The van der Waals surface area contributed by atoms with Gasteiger partial charge in [-0.15, -0.1) is 0 Å². The van der Waals surface area contributed by atoms with Gasteiger partial charge in [0.15, 0.2) is 5.65 Å². The Kier molecular flexibility index (Phi) is 4.30. The molecule has 5 aromatic rings. The van der Waals surface area contributed by atoms with Gasteiger partial charge in [0, 0.05) is 23.1 Å². The molecule has 4 nitrogen and oxygen atoms in total. The van der Waals surface area contributed by atoms with Crippen LogP contribution in [0.15, 0.2) is 97.5 Å². The third-order valence-electron chi connectivity index (χ3n) is 4.98. The average molecular weight is 376 g/mol. The van der Waals surface area contributed by atoms with Crippen LogP contribution in [-0.2, 0) is 0 Å². The highest BCUT2D eigenvalue weighted by molar-refractivity contribution is 6.03. The van der Waals surface area contributed by atoms with E-state index in [4.69, 9.17) is 0 Å². The van der Waals surface area contributed by atoms with Gasteiger partial charge >= 0.3 is 0 Å². The molecule has 0 amide bonds. The van der Waals surface area contributed by atoms with E-state index in [0.717, 1.165) is 39.4 Å². The van der Waals surface area contributed by atoms with Crippen LogP contribution in [0.3, 0.4) is 0 Å². The van der Waals surface area contributed by atoms with Gasteiger partial charge in [0.1, 0.15) is 12.1 Å². The van der Waals surface area contributed by atoms with Gasteiger partial charge < -0.3 is 9.88 Å². The number of hydrogen-bond acceptors (Lipinski definition) is 3. The largest absolute Gasteiger partial charge is 0.340 e. The zero-order chi connectivity index (χ0) is 19.6. The molecule has 0 radical (unpaired) electrons. The maximum atomic E-state index is 4.64. The molecular weight excluding hydrogens is 356 g/mol. The highest BCUT2D eigenvalue weighted by Gasteiger charge is 2.17. The number of hydrogen-bond donors (Lipinski definition) is 1. The van der Waals surface area contributed by atoms with E-state index in [2.05, 4.69) is 87.6 Å². The van der Waals surface area contributed by atoms with Crippen molar-refractivity contribution >= 4 is 22.5 Å². The first-order valence-electron chi connectivity index (χ1n) is 9.60. The van der Waals surface area contributed by atoms with Crippen LogP contribution in [0.1, 0.15) is 5.56 Å². The monoisotopic (exact) mass is 376 g/mol. The summed E-state index contributed by atoms with van der Waals surface area (Å²) in [5.41, 5.74) is 6.39. The maximum Gasteiger partial charge on any atom is 0.150 e. The van der Waals surface area contributed by atoms with Gasteiger partial charge in [-0.25, -0.2) is 9.97 Å². The van der Waals surface area contributed by atoms with Crippen molar-refractivity contribution in [1.82, 2.24) is 14.5 Å². The minimum Gasteiger partial charge on any atom is -0.340 e. The average Bonchev–Trinajstić information content (AvgIpc) is 3.16. The van der Waals surface area contributed by atoms with Crippen molar-refractivity contribution in [2.75, 3.05) is 5.32 Å². The molecule has 0 aliphatic heterocycles. The lowest BCUT2D eigenvalue weighted by Gasteiger charge is -2.09. The first-order valence-corrected chi connectivity index (χ1v) is 9.60. The van der Waals surface area contributed by atoms with Crippen molar-refractivity contribution in [2.24, 2.45) is 0 Å². The lowest BCUT2D eigenvalue weighted by Crippen LogP contribution is -1.98. The number of para-hydroxylation sites is 1. The van der Waals surface area contributed by atoms with Crippen LogP contribution in [0.2, 0.25) is 0 Å². The van der Waals surface area contributed by atoms with Gasteiger partial charge in [-0.1, -0.05) is 60.7 Å². The predicted molar refractivity (Wildman–Crippen MR) is 119 cm³/mol. The molecular formula is C25H20N4. The topological polar surface area (TPSA) is 42.7 Å². The molecule has 2 aromatic heterocycles. The van der Waals surface area contributed by atoms with E-state index < -0.39 is 0 Å². The van der Waals surface area contributed by atoms with Crippen LogP contribution >= 0.6 is 0 Å². The first kappa shape index (κ1) is 17.2. The summed E-state index contributed by atoms with van der Waals surface area (Å²) in [4.78, 5) is 9.22. The third kappa shape index (κ3) is 3.25. The van der Waals surface area contributed by atoms with Crippen LogP contribution in [-0.4, -0.2) is 14.5 Å². The third-order valence-corrected chi connectivity index (χ3v) is 4.98. The molecule has 0 spiro atoms. The summed E-state index contributed by atoms with van der Waals surface area (Å²) in [6.07, 6.45) is 3.76. The predicted octanol–water partition coefficient (Wildman–Crippen LogP) is 6.14. The summed E-state index contributed by atoms with van der Waals surface area (Å²) in [6, 6.07) is 28.9. The molecule has 0 bridgehead atoms. The molecule has 0 fully saturated rings. The molecule has 29 heavy (non-hydrogen) atoms. The normalized spacial score (nSPS) is 10.9. The van der Waals surface area contributed by atoms with E-state index >= 15 is 0 Å². The van der Waals surface area contributed by atoms with E-state index in [9.17, 15) is 0 Å². The molecule has 2 heterocycles. The first-order chi connectivity index (χ1) is 14.3. The molecule has 0 saturated heterocycles. The van der Waals surface area contributed by atoms with Gasteiger partial charge in [0.2, 0.25) is 0 Å². The number of anilines is 2. The summed E-state index contributed by atoms with van der Waals surface area (Å²) in [7, 11) is 0. The fourth-order valence-corrected chi connectivity index (χ4v) is 3.64. The molecule has 0 aliphatic carbocycles. The molecule has 3 aromatic carbocycles. The molecule has 1 N–H and O–H groups in total. The van der Waals surface area contributed by atoms with Gasteiger partial charge in [0.05, 0.1) is 5.39 Å². The van der Waals surface area contributed by atoms with Crippen molar-refractivity contribution in [2.45, 2.75) is 6.92 Å². The Hall–Kier alpha value is -3.92. The SMILES string of the molecule is Cc1cccc(Nc2ncnc3c2c(-c2ccccc2)cn3-c2ccccc2)c1. The van der Waals surface area contributed by atoms with E-state index in [-0.39, 0.29) is 0 Å². The molecule has 0 aliphatic rings.